The molecule has 0 bridgehead atoms. The number of benzene rings is 3. The molecule has 0 aliphatic carbocycles. The van der Waals surface area contributed by atoms with Crippen molar-refractivity contribution in [3.8, 4) is 0 Å². The van der Waals surface area contributed by atoms with Crippen LogP contribution in [0.2, 0.25) is 5.02 Å². The molecule has 4 nitrogen and oxygen atoms in total. The van der Waals surface area contributed by atoms with E-state index in [-0.39, 0.29) is 22.0 Å². The van der Waals surface area contributed by atoms with Crippen molar-refractivity contribution < 1.29 is 19.1 Å². The summed E-state index contributed by atoms with van der Waals surface area (Å²) in [6, 6.07) is 15.6. The smallest absolute Gasteiger partial charge is 0.300 e. The molecular weight excluding hydrogens is 509 g/mol. The van der Waals surface area contributed by atoms with Gasteiger partial charge in [0.05, 0.1) is 16.6 Å². The third-order valence-corrected chi connectivity index (χ3v) is 6.94. The van der Waals surface area contributed by atoms with Gasteiger partial charge >= 0.3 is 0 Å². The van der Waals surface area contributed by atoms with Crippen LogP contribution in [0.5, 0.6) is 0 Å². The maximum Gasteiger partial charge on any atom is 0.300 e. The van der Waals surface area contributed by atoms with Crippen molar-refractivity contribution in [2.45, 2.75) is 26.3 Å². The Morgan fingerprint density at radius 2 is 1.79 bits per heavy atom. The van der Waals surface area contributed by atoms with Gasteiger partial charge in [-0.15, -0.1) is 0 Å². The molecule has 0 spiro atoms. The first-order valence-electron chi connectivity index (χ1n) is 10.3. The van der Waals surface area contributed by atoms with E-state index < -0.39 is 23.5 Å². The zero-order valence-corrected chi connectivity index (χ0v) is 20.2. The highest BCUT2D eigenvalue weighted by Crippen LogP contribution is 2.43. The van der Waals surface area contributed by atoms with Crippen LogP contribution in [0.25, 0.3) is 5.76 Å². The van der Waals surface area contributed by atoms with Crippen LogP contribution >= 0.6 is 27.5 Å². The number of nitrogens with zero attached hydrogens (tertiary/aromatic N) is 1. The molecule has 1 unspecified atom stereocenters. The molecule has 3 aromatic carbocycles. The highest BCUT2D eigenvalue weighted by atomic mass is 79.9. The Bertz CT molecular complexity index is 1300. The Morgan fingerprint density at radius 3 is 2.39 bits per heavy atom. The Balaban J connectivity index is 1.95. The SMILES string of the molecule is CCc1ccc(C2/C(=C(\O)c3ccc(Br)c(C)c3)C(=O)C(=O)N2c2ccc(F)c(Cl)c2)cc1. The van der Waals surface area contributed by atoms with E-state index in [4.69, 9.17) is 11.6 Å². The van der Waals surface area contributed by atoms with Gasteiger partial charge in [0.2, 0.25) is 0 Å². The number of carbonyl (C=O) groups is 2. The van der Waals surface area contributed by atoms with Crippen molar-refractivity contribution >= 4 is 50.7 Å². The molecule has 1 heterocycles. The van der Waals surface area contributed by atoms with Gasteiger partial charge in [0.15, 0.2) is 0 Å². The zero-order valence-electron chi connectivity index (χ0n) is 17.9. The van der Waals surface area contributed by atoms with Crippen molar-refractivity contribution in [2.24, 2.45) is 0 Å². The molecule has 7 heteroatoms. The van der Waals surface area contributed by atoms with Gasteiger partial charge in [-0.05, 0) is 60.4 Å². The van der Waals surface area contributed by atoms with Crippen LogP contribution in [0.3, 0.4) is 0 Å². The first-order chi connectivity index (χ1) is 15.7. The molecule has 1 saturated heterocycles. The maximum absolute atomic E-state index is 13.8. The van der Waals surface area contributed by atoms with Gasteiger partial charge in [0.1, 0.15) is 11.6 Å². The van der Waals surface area contributed by atoms with Gasteiger partial charge in [-0.2, -0.15) is 0 Å². The number of amides is 1. The summed E-state index contributed by atoms with van der Waals surface area (Å²) in [7, 11) is 0. The van der Waals surface area contributed by atoms with Crippen molar-refractivity contribution in [1.29, 1.82) is 0 Å². The number of Topliss-reactive ketones (excluding diaryl/α,β-unsaturated/α-hetero) is 1. The average molecular weight is 529 g/mol. The summed E-state index contributed by atoms with van der Waals surface area (Å²) >= 11 is 9.40. The minimum Gasteiger partial charge on any atom is -0.507 e. The second-order valence-corrected chi connectivity index (χ2v) is 9.09. The average Bonchev–Trinajstić information content (AvgIpc) is 3.07. The molecule has 4 rings (SSSR count). The normalized spacial score (nSPS) is 17.6. The first-order valence-corrected chi connectivity index (χ1v) is 11.5. The Kier molecular flexibility index (Phi) is 6.41. The van der Waals surface area contributed by atoms with Crippen LogP contribution in [-0.4, -0.2) is 16.8 Å². The lowest BCUT2D eigenvalue weighted by atomic mass is 9.94. The molecule has 1 atom stereocenters. The largest absolute Gasteiger partial charge is 0.507 e. The van der Waals surface area contributed by atoms with Gasteiger partial charge in [-0.1, -0.05) is 64.8 Å². The lowest BCUT2D eigenvalue weighted by Crippen LogP contribution is -2.29. The summed E-state index contributed by atoms with van der Waals surface area (Å²) in [6.45, 7) is 3.89. The van der Waals surface area contributed by atoms with Crippen LogP contribution in [0.4, 0.5) is 10.1 Å². The summed E-state index contributed by atoms with van der Waals surface area (Å²) in [4.78, 5) is 27.6. The van der Waals surface area contributed by atoms with Crippen molar-refractivity contribution in [3.63, 3.8) is 0 Å². The second-order valence-electron chi connectivity index (χ2n) is 7.83. The summed E-state index contributed by atoms with van der Waals surface area (Å²) in [5, 5.41) is 11.0. The number of aliphatic hydroxyl groups is 1. The van der Waals surface area contributed by atoms with Crippen LogP contribution in [0.1, 0.15) is 35.2 Å². The number of hydrogen-bond acceptors (Lipinski definition) is 3. The Labute approximate surface area is 204 Å². The van der Waals surface area contributed by atoms with E-state index in [1.54, 1.807) is 18.2 Å². The number of anilines is 1. The van der Waals surface area contributed by atoms with E-state index in [1.165, 1.54) is 17.0 Å². The topological polar surface area (TPSA) is 57.6 Å². The summed E-state index contributed by atoms with van der Waals surface area (Å²) in [5.74, 6) is -2.55. The Hall–Kier alpha value is -2.96. The molecule has 1 N–H and O–H groups in total. The van der Waals surface area contributed by atoms with Crippen molar-refractivity contribution in [1.82, 2.24) is 0 Å². The van der Waals surface area contributed by atoms with E-state index in [1.807, 2.05) is 38.1 Å². The lowest BCUT2D eigenvalue weighted by molar-refractivity contribution is -0.132. The number of aryl methyl sites for hydroxylation is 2. The van der Waals surface area contributed by atoms with E-state index in [9.17, 15) is 19.1 Å². The second kappa shape index (κ2) is 9.12. The monoisotopic (exact) mass is 527 g/mol. The van der Waals surface area contributed by atoms with Crippen LogP contribution < -0.4 is 4.90 Å². The van der Waals surface area contributed by atoms with Gasteiger partial charge in [0.25, 0.3) is 11.7 Å². The number of ketones is 1. The van der Waals surface area contributed by atoms with Crippen molar-refractivity contribution in [2.75, 3.05) is 4.90 Å². The van der Waals surface area contributed by atoms with E-state index in [0.717, 1.165) is 28.1 Å². The highest BCUT2D eigenvalue weighted by Gasteiger charge is 2.47. The standard InChI is InChI=1S/C26H20BrClFNO3/c1-3-15-4-6-16(7-5-15)23-22(24(31)17-8-10-19(27)14(2)12-17)25(32)26(33)30(23)18-9-11-21(29)20(28)13-18/h4-13,23,31H,3H2,1-2H3/b24-22+. The van der Waals surface area contributed by atoms with Gasteiger partial charge < -0.3 is 5.11 Å². The summed E-state index contributed by atoms with van der Waals surface area (Å²) in [5.41, 5.74) is 3.24. The molecule has 1 amide bonds. The first kappa shape index (κ1) is 23.2. The fourth-order valence-corrected chi connectivity index (χ4v) is 4.35. The molecule has 1 aliphatic rings. The summed E-state index contributed by atoms with van der Waals surface area (Å²) in [6.07, 6.45) is 0.826. The van der Waals surface area contributed by atoms with Gasteiger partial charge in [-0.3, -0.25) is 14.5 Å². The molecule has 0 saturated carbocycles. The molecule has 168 valence electrons. The zero-order chi connectivity index (χ0) is 23.9. The van der Waals surface area contributed by atoms with E-state index in [2.05, 4.69) is 15.9 Å². The fraction of sp³-hybridized carbons (Fsp3) is 0.154. The molecule has 0 radical (unpaired) electrons. The maximum atomic E-state index is 13.8. The number of aliphatic hydroxyl groups excluding tert-OH is 1. The van der Waals surface area contributed by atoms with Crippen molar-refractivity contribution in [3.05, 3.63) is 104 Å². The quantitative estimate of drug-likeness (QED) is 0.232. The fourth-order valence-electron chi connectivity index (χ4n) is 3.93. The van der Waals surface area contributed by atoms with E-state index in [0.29, 0.717) is 11.1 Å². The van der Waals surface area contributed by atoms with Crippen LogP contribution in [-0.2, 0) is 16.0 Å². The van der Waals surface area contributed by atoms with E-state index >= 15 is 0 Å². The van der Waals surface area contributed by atoms with Crippen LogP contribution in [0, 0.1) is 12.7 Å². The third-order valence-electron chi connectivity index (χ3n) is 5.76. The number of carbonyl (C=O) groups excluding carboxylic acids is 2. The molecule has 1 aliphatic heterocycles. The molecule has 1 fully saturated rings. The molecule has 33 heavy (non-hydrogen) atoms. The number of hydrogen-bond donors (Lipinski definition) is 1. The molecule has 3 aromatic rings. The predicted octanol–water partition coefficient (Wildman–Crippen LogP) is 6.74. The number of halogens is 3. The molecular formula is C26H20BrClFNO3. The molecule has 0 aromatic heterocycles. The van der Waals surface area contributed by atoms with Gasteiger partial charge in [0, 0.05) is 15.7 Å². The predicted molar refractivity (Wildman–Crippen MR) is 131 cm³/mol. The third kappa shape index (κ3) is 4.21. The number of rotatable bonds is 4. The minimum absolute atomic E-state index is 0.0357. The lowest BCUT2D eigenvalue weighted by Gasteiger charge is -2.26. The summed E-state index contributed by atoms with van der Waals surface area (Å²) < 4.78 is 14.7. The van der Waals surface area contributed by atoms with Gasteiger partial charge in [-0.25, -0.2) is 4.39 Å². The highest BCUT2D eigenvalue weighted by molar-refractivity contribution is 9.10. The minimum atomic E-state index is -0.901. The van der Waals surface area contributed by atoms with Crippen LogP contribution in [0.15, 0.2) is 70.7 Å². The Morgan fingerprint density at radius 1 is 1.09 bits per heavy atom.